The van der Waals surface area contributed by atoms with Gasteiger partial charge >= 0.3 is 5.97 Å². The van der Waals surface area contributed by atoms with Crippen molar-refractivity contribution in [1.29, 1.82) is 0 Å². The molecule has 4 heteroatoms. The molecule has 0 amide bonds. The maximum Gasteiger partial charge on any atom is 0.340 e. The highest BCUT2D eigenvalue weighted by Gasteiger charge is 2.22. The molecule has 3 nitrogen and oxygen atoms in total. The number of hydrogen-bond acceptors (Lipinski definition) is 3. The minimum absolute atomic E-state index is 0.330. The van der Waals surface area contributed by atoms with Gasteiger partial charge in [0.25, 0.3) is 0 Å². The van der Waals surface area contributed by atoms with Crippen LogP contribution in [0.2, 0.25) is 0 Å². The number of rotatable bonds is 1. The number of aliphatic imine (C=N–C) groups is 1. The summed E-state index contributed by atoms with van der Waals surface area (Å²) in [5.74, 6) is -0.330. The van der Waals surface area contributed by atoms with Gasteiger partial charge in [-0.1, -0.05) is 15.9 Å². The van der Waals surface area contributed by atoms with Crippen LogP contribution < -0.4 is 0 Å². The molecular formula is C11H10BrNO2. The Kier molecular flexibility index (Phi) is 2.61. The smallest absolute Gasteiger partial charge is 0.340 e. The Morgan fingerprint density at radius 3 is 3.00 bits per heavy atom. The van der Waals surface area contributed by atoms with Crippen LogP contribution in [-0.4, -0.2) is 19.3 Å². The van der Waals surface area contributed by atoms with Crippen molar-refractivity contribution in [3.63, 3.8) is 0 Å². The fourth-order valence-electron chi connectivity index (χ4n) is 1.68. The fraction of sp³-hybridized carbons (Fsp3) is 0.273. The van der Waals surface area contributed by atoms with Crippen molar-refractivity contribution in [1.82, 2.24) is 0 Å². The SMILES string of the molecule is COC(=O)c1c(C)c(Br)cc2c1N=CC2. The topological polar surface area (TPSA) is 38.7 Å². The first-order valence-corrected chi connectivity index (χ1v) is 5.37. The molecule has 0 N–H and O–H groups in total. The molecule has 1 aliphatic heterocycles. The van der Waals surface area contributed by atoms with Crippen LogP contribution >= 0.6 is 15.9 Å². The molecule has 0 spiro atoms. The zero-order chi connectivity index (χ0) is 11.0. The van der Waals surface area contributed by atoms with Crippen LogP contribution in [0.4, 0.5) is 5.69 Å². The van der Waals surface area contributed by atoms with Gasteiger partial charge in [0.2, 0.25) is 0 Å². The Morgan fingerprint density at radius 2 is 2.33 bits per heavy atom. The number of carbonyl (C=O) groups is 1. The second-order valence-electron chi connectivity index (χ2n) is 3.37. The molecular weight excluding hydrogens is 258 g/mol. The van der Waals surface area contributed by atoms with Crippen molar-refractivity contribution in [2.24, 2.45) is 4.99 Å². The van der Waals surface area contributed by atoms with Crippen molar-refractivity contribution in [3.8, 4) is 0 Å². The van der Waals surface area contributed by atoms with Gasteiger partial charge in [0.15, 0.2) is 0 Å². The third-order valence-corrected chi connectivity index (χ3v) is 3.32. The lowest BCUT2D eigenvalue weighted by Crippen LogP contribution is -2.05. The summed E-state index contributed by atoms with van der Waals surface area (Å²) in [6.45, 7) is 1.88. The first-order chi connectivity index (χ1) is 7.15. The largest absolute Gasteiger partial charge is 0.465 e. The van der Waals surface area contributed by atoms with E-state index >= 15 is 0 Å². The van der Waals surface area contributed by atoms with Crippen LogP contribution in [0.25, 0.3) is 0 Å². The van der Waals surface area contributed by atoms with E-state index in [-0.39, 0.29) is 5.97 Å². The van der Waals surface area contributed by atoms with Gasteiger partial charge in [0.1, 0.15) is 0 Å². The third kappa shape index (κ3) is 1.59. The van der Waals surface area contributed by atoms with Gasteiger partial charge in [-0.05, 0) is 24.1 Å². The van der Waals surface area contributed by atoms with Crippen LogP contribution in [0.1, 0.15) is 21.5 Å². The lowest BCUT2D eigenvalue weighted by Gasteiger charge is -2.10. The predicted molar refractivity (Wildman–Crippen MR) is 62.1 cm³/mol. The van der Waals surface area contributed by atoms with Crippen molar-refractivity contribution in [2.45, 2.75) is 13.3 Å². The molecule has 0 aromatic heterocycles. The van der Waals surface area contributed by atoms with Crippen molar-refractivity contribution >= 4 is 33.8 Å². The number of hydrogen-bond donors (Lipinski definition) is 0. The average Bonchev–Trinajstić information content (AvgIpc) is 2.66. The summed E-state index contributed by atoms with van der Waals surface area (Å²) in [4.78, 5) is 15.9. The van der Waals surface area contributed by atoms with Gasteiger partial charge in [0, 0.05) is 17.1 Å². The van der Waals surface area contributed by atoms with Gasteiger partial charge in [0.05, 0.1) is 18.4 Å². The highest BCUT2D eigenvalue weighted by molar-refractivity contribution is 9.10. The van der Waals surface area contributed by atoms with E-state index in [4.69, 9.17) is 4.74 Å². The van der Waals surface area contributed by atoms with Crippen LogP contribution in [0.5, 0.6) is 0 Å². The predicted octanol–water partition coefficient (Wildman–Crippen LogP) is 2.80. The Labute approximate surface area is 96.3 Å². The second kappa shape index (κ2) is 3.77. The molecule has 78 valence electrons. The van der Waals surface area contributed by atoms with Crippen molar-refractivity contribution in [2.75, 3.05) is 7.11 Å². The highest BCUT2D eigenvalue weighted by Crippen LogP contribution is 2.35. The zero-order valence-corrected chi connectivity index (χ0v) is 10.1. The summed E-state index contributed by atoms with van der Waals surface area (Å²) < 4.78 is 5.69. The molecule has 0 atom stereocenters. The van der Waals surface area contributed by atoms with E-state index < -0.39 is 0 Å². The lowest BCUT2D eigenvalue weighted by atomic mass is 10.0. The molecule has 0 radical (unpaired) electrons. The van der Waals surface area contributed by atoms with Crippen LogP contribution in [0.3, 0.4) is 0 Å². The Morgan fingerprint density at radius 1 is 1.60 bits per heavy atom. The molecule has 0 unspecified atom stereocenters. The van der Waals surface area contributed by atoms with Gasteiger partial charge in [-0.25, -0.2) is 4.79 Å². The van der Waals surface area contributed by atoms with E-state index in [2.05, 4.69) is 20.9 Å². The number of fused-ring (bicyclic) bond motifs is 1. The molecule has 0 aliphatic carbocycles. The maximum absolute atomic E-state index is 11.6. The Hall–Kier alpha value is -1.16. The van der Waals surface area contributed by atoms with Crippen LogP contribution in [-0.2, 0) is 11.2 Å². The first kappa shape index (κ1) is 10.4. The monoisotopic (exact) mass is 267 g/mol. The molecule has 1 aromatic rings. The molecule has 1 aromatic carbocycles. The summed E-state index contributed by atoms with van der Waals surface area (Å²) >= 11 is 3.43. The number of benzene rings is 1. The molecule has 1 aliphatic rings. The number of methoxy groups -OCH3 is 1. The summed E-state index contributed by atoms with van der Waals surface area (Å²) in [5, 5.41) is 0. The Balaban J connectivity index is 2.70. The number of carbonyl (C=O) groups excluding carboxylic acids is 1. The van der Waals surface area contributed by atoms with Crippen molar-refractivity contribution in [3.05, 3.63) is 27.2 Å². The normalized spacial score (nSPS) is 12.7. The molecule has 1 heterocycles. The van der Waals surface area contributed by atoms with E-state index in [0.29, 0.717) is 5.56 Å². The van der Waals surface area contributed by atoms with Crippen molar-refractivity contribution < 1.29 is 9.53 Å². The van der Waals surface area contributed by atoms with Gasteiger partial charge < -0.3 is 4.74 Å². The van der Waals surface area contributed by atoms with Crippen LogP contribution in [0.15, 0.2) is 15.5 Å². The molecule has 0 saturated heterocycles. The van der Waals surface area contributed by atoms with Crippen LogP contribution in [0, 0.1) is 6.92 Å². The minimum atomic E-state index is -0.330. The molecule has 0 saturated carbocycles. The summed E-state index contributed by atoms with van der Waals surface area (Å²) in [6.07, 6.45) is 2.58. The quantitative estimate of drug-likeness (QED) is 0.734. The van der Waals surface area contributed by atoms with Gasteiger partial charge in [-0.2, -0.15) is 0 Å². The van der Waals surface area contributed by atoms with E-state index in [9.17, 15) is 4.79 Å². The first-order valence-electron chi connectivity index (χ1n) is 4.58. The van der Waals surface area contributed by atoms with E-state index in [1.807, 2.05) is 19.2 Å². The van der Waals surface area contributed by atoms with E-state index in [0.717, 1.165) is 27.7 Å². The van der Waals surface area contributed by atoms with E-state index in [1.165, 1.54) is 7.11 Å². The Bertz CT molecular complexity index is 466. The second-order valence-corrected chi connectivity index (χ2v) is 4.23. The summed E-state index contributed by atoms with van der Waals surface area (Å²) in [7, 11) is 1.38. The molecule has 15 heavy (non-hydrogen) atoms. The number of nitrogens with zero attached hydrogens (tertiary/aromatic N) is 1. The third-order valence-electron chi connectivity index (χ3n) is 2.50. The number of ether oxygens (including phenoxy) is 1. The number of halogens is 1. The molecule has 0 fully saturated rings. The highest BCUT2D eigenvalue weighted by atomic mass is 79.9. The molecule has 0 bridgehead atoms. The zero-order valence-electron chi connectivity index (χ0n) is 8.50. The standard InChI is InChI=1S/C11H10BrNO2/c1-6-8(12)5-7-3-4-13-10(7)9(6)11(14)15-2/h4-5H,3H2,1-2H3. The minimum Gasteiger partial charge on any atom is -0.465 e. The van der Waals surface area contributed by atoms with E-state index in [1.54, 1.807) is 0 Å². The summed E-state index contributed by atoms with van der Waals surface area (Å²) in [6, 6.07) is 2.00. The molecule has 2 rings (SSSR count). The maximum atomic E-state index is 11.6. The average molecular weight is 268 g/mol. The number of esters is 1. The van der Waals surface area contributed by atoms with Gasteiger partial charge in [-0.3, -0.25) is 4.99 Å². The summed E-state index contributed by atoms with van der Waals surface area (Å²) in [5.41, 5.74) is 3.26. The lowest BCUT2D eigenvalue weighted by molar-refractivity contribution is 0.0601. The fourth-order valence-corrected chi connectivity index (χ4v) is 2.15. The van der Waals surface area contributed by atoms with Gasteiger partial charge in [-0.15, -0.1) is 0 Å².